The van der Waals surface area contributed by atoms with E-state index in [1.165, 1.54) is 16.7 Å². The van der Waals surface area contributed by atoms with Crippen LogP contribution in [0.5, 0.6) is 5.75 Å². The Labute approximate surface area is 195 Å². The zero-order chi connectivity index (χ0) is 22.9. The van der Waals surface area contributed by atoms with Crippen molar-refractivity contribution in [2.75, 3.05) is 20.3 Å². The van der Waals surface area contributed by atoms with Gasteiger partial charge < -0.3 is 20.1 Å². The van der Waals surface area contributed by atoms with Crippen molar-refractivity contribution in [2.45, 2.75) is 45.5 Å². The lowest BCUT2D eigenvalue weighted by Crippen LogP contribution is -2.36. The average molecular weight is 448 g/mol. The summed E-state index contributed by atoms with van der Waals surface area (Å²) < 4.78 is 13.7. The van der Waals surface area contributed by atoms with Crippen LogP contribution in [0.25, 0.3) is 0 Å². The molecule has 4 rings (SSSR count). The van der Waals surface area contributed by atoms with Gasteiger partial charge in [0.15, 0.2) is 5.96 Å². The van der Waals surface area contributed by atoms with Gasteiger partial charge in [0.1, 0.15) is 12.4 Å². The first-order valence-electron chi connectivity index (χ1n) is 11.5. The summed E-state index contributed by atoms with van der Waals surface area (Å²) in [6.07, 6.45) is 6.16. The SMILES string of the molecule is CN=C(NCc1cccc(Cn2cccn2)c1)NCc1ccc(C)cc1OCC1CCCO1. The Morgan fingerprint density at radius 2 is 2.03 bits per heavy atom. The Kier molecular flexibility index (Phi) is 7.98. The van der Waals surface area contributed by atoms with Crippen molar-refractivity contribution in [3.05, 3.63) is 83.2 Å². The van der Waals surface area contributed by atoms with Crippen molar-refractivity contribution in [3.63, 3.8) is 0 Å². The summed E-state index contributed by atoms with van der Waals surface area (Å²) in [5.41, 5.74) is 4.69. The third-order valence-corrected chi connectivity index (χ3v) is 5.70. The van der Waals surface area contributed by atoms with E-state index in [0.717, 1.165) is 43.3 Å². The Morgan fingerprint density at radius 1 is 1.15 bits per heavy atom. The highest BCUT2D eigenvalue weighted by atomic mass is 16.5. The highest BCUT2D eigenvalue weighted by Crippen LogP contribution is 2.22. The Balaban J connectivity index is 1.31. The van der Waals surface area contributed by atoms with Gasteiger partial charge in [-0.05, 0) is 48.6 Å². The van der Waals surface area contributed by atoms with E-state index >= 15 is 0 Å². The second-order valence-electron chi connectivity index (χ2n) is 8.36. The predicted molar refractivity (Wildman–Crippen MR) is 130 cm³/mol. The van der Waals surface area contributed by atoms with Crippen LogP contribution in [0.1, 0.15) is 35.1 Å². The molecule has 1 atom stereocenters. The molecular formula is C26H33N5O2. The van der Waals surface area contributed by atoms with Crippen LogP contribution in [0.2, 0.25) is 0 Å². The van der Waals surface area contributed by atoms with Crippen molar-refractivity contribution < 1.29 is 9.47 Å². The van der Waals surface area contributed by atoms with Crippen molar-refractivity contribution in [1.82, 2.24) is 20.4 Å². The lowest BCUT2D eigenvalue weighted by atomic mass is 10.1. The van der Waals surface area contributed by atoms with Gasteiger partial charge in [0, 0.05) is 44.7 Å². The molecule has 0 saturated carbocycles. The first-order valence-corrected chi connectivity index (χ1v) is 11.5. The molecule has 3 aromatic rings. The lowest BCUT2D eigenvalue weighted by molar-refractivity contribution is 0.0676. The fraction of sp³-hybridized carbons (Fsp3) is 0.385. The zero-order valence-corrected chi connectivity index (χ0v) is 19.5. The minimum atomic E-state index is 0.199. The molecule has 7 heteroatoms. The minimum Gasteiger partial charge on any atom is -0.491 e. The molecule has 174 valence electrons. The molecule has 1 aromatic heterocycles. The summed E-state index contributed by atoms with van der Waals surface area (Å²) in [5, 5.41) is 11.1. The van der Waals surface area contributed by atoms with E-state index in [1.807, 2.05) is 16.9 Å². The maximum absolute atomic E-state index is 6.12. The molecule has 0 aliphatic carbocycles. The Hall–Kier alpha value is -3.32. The molecule has 33 heavy (non-hydrogen) atoms. The van der Waals surface area contributed by atoms with Crippen LogP contribution >= 0.6 is 0 Å². The zero-order valence-electron chi connectivity index (χ0n) is 19.5. The Morgan fingerprint density at radius 3 is 2.82 bits per heavy atom. The molecule has 0 radical (unpaired) electrons. The first-order chi connectivity index (χ1) is 16.2. The number of guanidine groups is 1. The van der Waals surface area contributed by atoms with Crippen LogP contribution in [-0.2, 0) is 24.4 Å². The van der Waals surface area contributed by atoms with E-state index in [-0.39, 0.29) is 6.10 Å². The fourth-order valence-corrected chi connectivity index (χ4v) is 3.91. The van der Waals surface area contributed by atoms with Gasteiger partial charge >= 0.3 is 0 Å². The van der Waals surface area contributed by atoms with Gasteiger partial charge in [0.25, 0.3) is 0 Å². The van der Waals surface area contributed by atoms with Gasteiger partial charge in [0.05, 0.1) is 12.6 Å². The van der Waals surface area contributed by atoms with Crippen LogP contribution in [0, 0.1) is 6.92 Å². The topological polar surface area (TPSA) is 72.7 Å². The fourth-order valence-electron chi connectivity index (χ4n) is 3.91. The number of nitrogens with one attached hydrogen (secondary N) is 2. The number of benzene rings is 2. The monoisotopic (exact) mass is 447 g/mol. The van der Waals surface area contributed by atoms with Crippen molar-refractivity contribution >= 4 is 5.96 Å². The normalized spacial score (nSPS) is 16.1. The van der Waals surface area contributed by atoms with Gasteiger partial charge in [0.2, 0.25) is 0 Å². The van der Waals surface area contributed by atoms with Gasteiger partial charge in [-0.3, -0.25) is 9.67 Å². The number of rotatable bonds is 9. The van der Waals surface area contributed by atoms with Crippen molar-refractivity contribution in [2.24, 2.45) is 4.99 Å². The summed E-state index contributed by atoms with van der Waals surface area (Å²) in [7, 11) is 1.79. The van der Waals surface area contributed by atoms with Crippen LogP contribution in [0.15, 0.2) is 65.9 Å². The molecule has 2 aromatic carbocycles. The number of nitrogens with zero attached hydrogens (tertiary/aromatic N) is 3. The third-order valence-electron chi connectivity index (χ3n) is 5.70. The summed E-state index contributed by atoms with van der Waals surface area (Å²) in [5.74, 6) is 1.65. The molecule has 1 aliphatic rings. The number of aliphatic imine (C=N–C) groups is 1. The summed E-state index contributed by atoms with van der Waals surface area (Å²) in [6, 6.07) is 16.8. The first kappa shape index (κ1) is 22.9. The standard InChI is InChI=1S/C26H33N5O2/c1-20-9-10-23(25(14-20)33-19-24-8-4-13-32-24)17-29-26(27-2)28-16-21-6-3-7-22(15-21)18-31-12-5-11-30-31/h3,5-7,9-12,14-15,24H,4,8,13,16-19H2,1-2H3,(H2,27,28,29). The smallest absolute Gasteiger partial charge is 0.191 e. The third kappa shape index (κ3) is 6.83. The van der Waals surface area contributed by atoms with Crippen molar-refractivity contribution in [3.8, 4) is 5.75 Å². The van der Waals surface area contributed by atoms with E-state index in [0.29, 0.717) is 19.7 Å². The van der Waals surface area contributed by atoms with E-state index in [2.05, 4.69) is 70.1 Å². The minimum absolute atomic E-state index is 0.199. The van der Waals surface area contributed by atoms with Crippen LogP contribution in [0.3, 0.4) is 0 Å². The summed E-state index contributed by atoms with van der Waals surface area (Å²) in [4.78, 5) is 4.38. The lowest BCUT2D eigenvalue weighted by Gasteiger charge is -2.17. The van der Waals surface area contributed by atoms with E-state index in [1.54, 1.807) is 13.2 Å². The molecule has 7 nitrogen and oxygen atoms in total. The quantitative estimate of drug-likeness (QED) is 0.387. The highest BCUT2D eigenvalue weighted by Gasteiger charge is 2.17. The van der Waals surface area contributed by atoms with Gasteiger partial charge in [-0.1, -0.05) is 36.4 Å². The molecule has 1 unspecified atom stereocenters. The maximum Gasteiger partial charge on any atom is 0.191 e. The second-order valence-corrected chi connectivity index (χ2v) is 8.36. The van der Waals surface area contributed by atoms with Crippen molar-refractivity contribution in [1.29, 1.82) is 0 Å². The van der Waals surface area contributed by atoms with E-state index in [4.69, 9.17) is 9.47 Å². The second kappa shape index (κ2) is 11.5. The highest BCUT2D eigenvalue weighted by molar-refractivity contribution is 5.79. The predicted octanol–water partition coefficient (Wildman–Crippen LogP) is 3.66. The van der Waals surface area contributed by atoms with E-state index in [9.17, 15) is 0 Å². The summed E-state index contributed by atoms with van der Waals surface area (Å²) in [6.45, 7) is 5.58. The van der Waals surface area contributed by atoms with E-state index < -0.39 is 0 Å². The number of aryl methyl sites for hydroxylation is 1. The van der Waals surface area contributed by atoms with Crippen LogP contribution < -0.4 is 15.4 Å². The molecule has 1 fully saturated rings. The average Bonchev–Trinajstić information content (AvgIpc) is 3.53. The molecule has 0 spiro atoms. The molecule has 1 aliphatic heterocycles. The summed E-state index contributed by atoms with van der Waals surface area (Å²) >= 11 is 0. The number of aromatic nitrogens is 2. The van der Waals surface area contributed by atoms with Gasteiger partial charge in [-0.2, -0.15) is 5.10 Å². The molecular weight excluding hydrogens is 414 g/mol. The largest absolute Gasteiger partial charge is 0.491 e. The Bertz CT molecular complexity index is 1040. The molecule has 2 heterocycles. The van der Waals surface area contributed by atoms with Crippen LogP contribution in [0.4, 0.5) is 0 Å². The van der Waals surface area contributed by atoms with Gasteiger partial charge in [-0.15, -0.1) is 0 Å². The molecule has 0 amide bonds. The molecule has 2 N–H and O–H groups in total. The van der Waals surface area contributed by atoms with Crippen LogP contribution in [-0.4, -0.2) is 42.1 Å². The number of hydrogen-bond acceptors (Lipinski definition) is 4. The van der Waals surface area contributed by atoms with Gasteiger partial charge in [-0.25, -0.2) is 0 Å². The molecule has 1 saturated heterocycles. The maximum atomic E-state index is 6.12. The number of ether oxygens (including phenoxy) is 2. The number of hydrogen-bond donors (Lipinski definition) is 2. The molecule has 0 bridgehead atoms.